The van der Waals surface area contributed by atoms with Crippen LogP contribution in [0.15, 0.2) is 42.6 Å². The first-order chi connectivity index (χ1) is 13.4. The third-order valence-electron chi connectivity index (χ3n) is 5.13. The van der Waals surface area contributed by atoms with Crippen LogP contribution in [-0.2, 0) is 4.79 Å². The van der Waals surface area contributed by atoms with Crippen LogP contribution in [0, 0.1) is 16.0 Å². The van der Waals surface area contributed by atoms with Crippen LogP contribution in [0.5, 0.6) is 0 Å². The number of non-ortho nitro benzene ring substituents is 1. The zero-order chi connectivity index (χ0) is 20.1. The maximum Gasteiger partial charge on any atom is 0.337 e. The maximum absolute atomic E-state index is 12.9. The van der Waals surface area contributed by atoms with Gasteiger partial charge in [-0.25, -0.2) is 9.78 Å². The van der Waals surface area contributed by atoms with Crippen LogP contribution in [0.2, 0.25) is 0 Å². The summed E-state index contributed by atoms with van der Waals surface area (Å²) >= 11 is 0. The van der Waals surface area contributed by atoms with Crippen molar-refractivity contribution in [3.8, 4) is 0 Å². The molecular formula is C20H21N3O5. The summed E-state index contributed by atoms with van der Waals surface area (Å²) in [6.07, 6.45) is 6.30. The van der Waals surface area contributed by atoms with Gasteiger partial charge in [0.15, 0.2) is 0 Å². The minimum absolute atomic E-state index is 0.0188. The molecule has 1 aromatic heterocycles. The van der Waals surface area contributed by atoms with Gasteiger partial charge in [0.2, 0.25) is 5.91 Å². The number of nitro groups is 1. The van der Waals surface area contributed by atoms with Crippen molar-refractivity contribution in [2.45, 2.75) is 38.0 Å². The Morgan fingerprint density at radius 1 is 1.18 bits per heavy atom. The van der Waals surface area contributed by atoms with E-state index >= 15 is 0 Å². The number of carboxylic acid groups (broad SMARTS) is 1. The zero-order valence-corrected chi connectivity index (χ0v) is 15.2. The molecule has 28 heavy (non-hydrogen) atoms. The number of benzene rings is 1. The first-order valence-corrected chi connectivity index (χ1v) is 9.18. The molecule has 0 radical (unpaired) electrons. The lowest BCUT2D eigenvalue weighted by Gasteiger charge is -2.20. The molecule has 1 fully saturated rings. The fourth-order valence-electron chi connectivity index (χ4n) is 3.61. The largest absolute Gasteiger partial charge is 0.478 e. The Balaban J connectivity index is 1.79. The highest BCUT2D eigenvalue weighted by atomic mass is 16.6. The van der Waals surface area contributed by atoms with E-state index in [4.69, 9.17) is 5.11 Å². The number of anilines is 1. The molecule has 8 heteroatoms. The Labute approximate surface area is 161 Å². The SMILES string of the molecule is O=C(O)c1ccc(NC(=O)C(CC2CCCC2)c2ccc([N+](=O)[O-])cc2)nc1. The van der Waals surface area contributed by atoms with Gasteiger partial charge in [-0.15, -0.1) is 0 Å². The molecule has 1 aliphatic carbocycles. The molecule has 3 rings (SSSR count). The molecule has 1 aromatic carbocycles. The van der Waals surface area contributed by atoms with Gasteiger partial charge >= 0.3 is 5.97 Å². The molecule has 0 bridgehead atoms. The van der Waals surface area contributed by atoms with E-state index in [9.17, 15) is 19.7 Å². The lowest BCUT2D eigenvalue weighted by molar-refractivity contribution is -0.384. The molecule has 1 aliphatic rings. The summed E-state index contributed by atoms with van der Waals surface area (Å²) in [5, 5.41) is 22.6. The van der Waals surface area contributed by atoms with Gasteiger partial charge in [-0.3, -0.25) is 14.9 Å². The van der Waals surface area contributed by atoms with Crippen molar-refractivity contribution < 1.29 is 19.6 Å². The number of rotatable bonds is 7. The molecule has 1 saturated carbocycles. The fraction of sp³-hybridized carbons (Fsp3) is 0.350. The van der Waals surface area contributed by atoms with Gasteiger partial charge in [0, 0.05) is 18.3 Å². The Kier molecular flexibility index (Phi) is 5.98. The molecule has 2 N–H and O–H groups in total. The number of nitro benzene ring substituents is 1. The van der Waals surface area contributed by atoms with Gasteiger partial charge in [0.05, 0.1) is 16.4 Å². The first kappa shape index (κ1) is 19.5. The molecule has 1 unspecified atom stereocenters. The fourth-order valence-corrected chi connectivity index (χ4v) is 3.61. The van der Waals surface area contributed by atoms with Crippen LogP contribution in [0.25, 0.3) is 0 Å². The summed E-state index contributed by atoms with van der Waals surface area (Å²) < 4.78 is 0. The molecule has 0 spiro atoms. The Morgan fingerprint density at radius 3 is 2.39 bits per heavy atom. The molecule has 0 aliphatic heterocycles. The number of aromatic nitrogens is 1. The van der Waals surface area contributed by atoms with Crippen LogP contribution >= 0.6 is 0 Å². The van der Waals surface area contributed by atoms with Crippen molar-refractivity contribution in [3.63, 3.8) is 0 Å². The Hall–Kier alpha value is -3.29. The molecule has 1 atom stereocenters. The number of hydrogen-bond acceptors (Lipinski definition) is 5. The van der Waals surface area contributed by atoms with Gasteiger partial charge in [0.25, 0.3) is 5.69 Å². The number of hydrogen-bond donors (Lipinski definition) is 2. The van der Waals surface area contributed by atoms with Crippen LogP contribution in [0.3, 0.4) is 0 Å². The van der Waals surface area contributed by atoms with Crippen molar-refractivity contribution in [3.05, 3.63) is 63.8 Å². The van der Waals surface area contributed by atoms with E-state index in [-0.39, 0.29) is 23.0 Å². The Bertz CT molecular complexity index is 858. The smallest absolute Gasteiger partial charge is 0.337 e. The van der Waals surface area contributed by atoms with Gasteiger partial charge in [-0.05, 0) is 30.0 Å². The van der Waals surface area contributed by atoms with Crippen LogP contribution in [0.4, 0.5) is 11.5 Å². The average molecular weight is 383 g/mol. The van der Waals surface area contributed by atoms with E-state index in [0.717, 1.165) is 31.2 Å². The summed E-state index contributed by atoms with van der Waals surface area (Å²) in [7, 11) is 0. The quantitative estimate of drug-likeness (QED) is 0.550. The van der Waals surface area contributed by atoms with E-state index in [0.29, 0.717) is 12.3 Å². The number of pyridine rings is 1. The normalized spacial score (nSPS) is 15.1. The second-order valence-electron chi connectivity index (χ2n) is 7.01. The second-order valence-corrected chi connectivity index (χ2v) is 7.01. The average Bonchev–Trinajstić information content (AvgIpc) is 3.20. The minimum Gasteiger partial charge on any atom is -0.478 e. The highest BCUT2D eigenvalue weighted by Gasteiger charge is 2.27. The molecule has 8 nitrogen and oxygen atoms in total. The topological polar surface area (TPSA) is 122 Å². The summed E-state index contributed by atoms with van der Waals surface area (Å²) in [4.78, 5) is 38.3. The summed E-state index contributed by atoms with van der Waals surface area (Å²) in [6.45, 7) is 0. The minimum atomic E-state index is -1.09. The molecule has 2 aromatic rings. The third-order valence-corrected chi connectivity index (χ3v) is 5.13. The van der Waals surface area contributed by atoms with Crippen molar-refractivity contribution in [1.29, 1.82) is 0 Å². The number of carbonyl (C=O) groups is 2. The number of aromatic carboxylic acids is 1. The summed E-state index contributed by atoms with van der Waals surface area (Å²) in [5.74, 6) is -1.09. The third kappa shape index (κ3) is 4.70. The lowest BCUT2D eigenvalue weighted by Crippen LogP contribution is -2.23. The predicted octanol–water partition coefficient (Wildman–Crippen LogP) is 3.99. The van der Waals surface area contributed by atoms with Gasteiger partial charge < -0.3 is 10.4 Å². The number of amides is 1. The van der Waals surface area contributed by atoms with Crippen molar-refractivity contribution >= 4 is 23.4 Å². The number of nitrogens with zero attached hydrogens (tertiary/aromatic N) is 2. The lowest BCUT2D eigenvalue weighted by atomic mass is 9.87. The van der Waals surface area contributed by atoms with E-state index in [1.54, 1.807) is 12.1 Å². The summed E-state index contributed by atoms with van der Waals surface area (Å²) in [6, 6.07) is 8.89. The van der Waals surface area contributed by atoms with Gasteiger partial charge in [-0.1, -0.05) is 37.8 Å². The zero-order valence-electron chi connectivity index (χ0n) is 15.2. The molecule has 1 heterocycles. The molecule has 1 amide bonds. The highest BCUT2D eigenvalue weighted by Crippen LogP contribution is 2.35. The highest BCUT2D eigenvalue weighted by molar-refractivity contribution is 5.95. The number of nitrogens with one attached hydrogen (secondary N) is 1. The van der Waals surface area contributed by atoms with Gasteiger partial charge in [-0.2, -0.15) is 0 Å². The van der Waals surface area contributed by atoms with Gasteiger partial charge in [0.1, 0.15) is 5.82 Å². The van der Waals surface area contributed by atoms with Crippen LogP contribution < -0.4 is 5.32 Å². The van der Waals surface area contributed by atoms with E-state index in [1.165, 1.54) is 30.5 Å². The first-order valence-electron chi connectivity index (χ1n) is 9.18. The predicted molar refractivity (Wildman–Crippen MR) is 102 cm³/mol. The maximum atomic E-state index is 12.9. The molecular weight excluding hydrogens is 362 g/mol. The van der Waals surface area contributed by atoms with E-state index in [2.05, 4.69) is 10.3 Å². The van der Waals surface area contributed by atoms with Crippen molar-refractivity contribution in [2.24, 2.45) is 5.92 Å². The van der Waals surface area contributed by atoms with Crippen LogP contribution in [-0.4, -0.2) is 26.9 Å². The number of carboxylic acids is 1. The standard InChI is InChI=1S/C20H21N3O5/c24-19(22-18-10-7-15(12-21-18)20(25)26)17(11-13-3-1-2-4-13)14-5-8-16(9-6-14)23(27)28/h5-10,12-13,17H,1-4,11H2,(H,25,26)(H,21,22,24). The van der Waals surface area contributed by atoms with E-state index in [1.807, 2.05) is 0 Å². The van der Waals surface area contributed by atoms with Crippen LogP contribution in [0.1, 0.15) is 53.9 Å². The number of carbonyl (C=O) groups excluding carboxylic acids is 1. The summed E-state index contributed by atoms with van der Waals surface area (Å²) in [5.41, 5.74) is 0.739. The second kappa shape index (κ2) is 8.60. The monoisotopic (exact) mass is 383 g/mol. The van der Waals surface area contributed by atoms with Crippen molar-refractivity contribution in [1.82, 2.24) is 4.98 Å². The Morgan fingerprint density at radius 2 is 1.86 bits per heavy atom. The van der Waals surface area contributed by atoms with E-state index < -0.39 is 16.8 Å². The molecule has 146 valence electrons. The molecule has 0 saturated heterocycles. The van der Waals surface area contributed by atoms with Crippen molar-refractivity contribution in [2.75, 3.05) is 5.32 Å².